The van der Waals surface area contributed by atoms with E-state index in [-0.39, 0.29) is 0 Å². The van der Waals surface area contributed by atoms with Gasteiger partial charge < -0.3 is 10.1 Å². The fourth-order valence-corrected chi connectivity index (χ4v) is 1.71. The van der Waals surface area contributed by atoms with Crippen molar-refractivity contribution in [2.24, 2.45) is 0 Å². The maximum Gasteiger partial charge on any atom is 0.0782 e. The highest BCUT2D eigenvalue weighted by atomic mass is 35.5. The van der Waals surface area contributed by atoms with Crippen molar-refractivity contribution in [1.82, 2.24) is 4.98 Å². The van der Waals surface area contributed by atoms with Gasteiger partial charge in [0.05, 0.1) is 16.6 Å². The number of hydrogen-bond donors (Lipinski definition) is 2. The Hall–Kier alpha value is -0.990. The molecule has 0 aliphatic carbocycles. The summed E-state index contributed by atoms with van der Waals surface area (Å²) in [5.74, 6) is 0. The summed E-state index contributed by atoms with van der Waals surface area (Å²) in [7, 11) is 0. The molecule has 0 aliphatic heterocycles. The van der Waals surface area contributed by atoms with Gasteiger partial charge in [-0.25, -0.2) is 0 Å². The molecule has 0 saturated carbocycles. The molecule has 0 bridgehead atoms. The molecular formula is C10H10ClNO. The van der Waals surface area contributed by atoms with Crippen LogP contribution in [0.1, 0.15) is 18.6 Å². The lowest BCUT2D eigenvalue weighted by Crippen LogP contribution is -1.87. The Labute approximate surface area is 81.1 Å². The highest BCUT2D eigenvalue weighted by Crippen LogP contribution is 2.28. The van der Waals surface area contributed by atoms with Crippen molar-refractivity contribution in [2.45, 2.75) is 13.0 Å². The number of rotatable bonds is 1. The summed E-state index contributed by atoms with van der Waals surface area (Å²) >= 11 is 5.96. The predicted octanol–water partition coefficient (Wildman–Crippen LogP) is 2.87. The normalized spacial score (nSPS) is 13.5. The van der Waals surface area contributed by atoms with Crippen molar-refractivity contribution >= 4 is 22.5 Å². The number of aromatic nitrogens is 1. The molecule has 1 aromatic heterocycles. The summed E-state index contributed by atoms with van der Waals surface area (Å²) in [6, 6.07) is 5.65. The molecule has 13 heavy (non-hydrogen) atoms. The lowest BCUT2D eigenvalue weighted by Gasteiger charge is -2.01. The van der Waals surface area contributed by atoms with Crippen LogP contribution >= 0.6 is 11.6 Å². The lowest BCUT2D eigenvalue weighted by atomic mass is 10.1. The Kier molecular flexibility index (Phi) is 2.02. The van der Waals surface area contributed by atoms with Crippen LogP contribution < -0.4 is 0 Å². The minimum absolute atomic E-state index is 0.466. The summed E-state index contributed by atoms with van der Waals surface area (Å²) in [5.41, 5.74) is 1.78. The fourth-order valence-electron chi connectivity index (χ4n) is 1.48. The quantitative estimate of drug-likeness (QED) is 0.721. The van der Waals surface area contributed by atoms with Crippen LogP contribution in [0, 0.1) is 0 Å². The maximum absolute atomic E-state index is 9.44. The molecule has 0 fully saturated rings. The van der Waals surface area contributed by atoms with Crippen molar-refractivity contribution in [3.63, 3.8) is 0 Å². The third-order valence-electron chi connectivity index (χ3n) is 2.15. The average Bonchev–Trinajstić information content (AvgIpc) is 2.48. The molecule has 0 amide bonds. The predicted molar refractivity (Wildman–Crippen MR) is 53.9 cm³/mol. The van der Waals surface area contributed by atoms with E-state index in [1.54, 1.807) is 13.1 Å². The van der Waals surface area contributed by atoms with E-state index in [2.05, 4.69) is 4.98 Å². The molecule has 0 radical (unpaired) electrons. The van der Waals surface area contributed by atoms with Gasteiger partial charge in [0.2, 0.25) is 0 Å². The number of halogens is 1. The van der Waals surface area contributed by atoms with Gasteiger partial charge in [0.1, 0.15) is 0 Å². The molecule has 0 saturated heterocycles. The second-order valence-corrected chi connectivity index (χ2v) is 3.49. The van der Waals surface area contributed by atoms with Crippen LogP contribution in [0.3, 0.4) is 0 Å². The van der Waals surface area contributed by atoms with Crippen molar-refractivity contribution < 1.29 is 5.11 Å². The molecule has 1 unspecified atom stereocenters. The van der Waals surface area contributed by atoms with Crippen molar-refractivity contribution in [1.29, 1.82) is 0 Å². The van der Waals surface area contributed by atoms with E-state index in [1.807, 2.05) is 18.2 Å². The standard InChI is InChI=1S/C10H10ClNO/c1-6(13)8-5-12-10-7(8)3-2-4-9(10)11/h2-6,12-13H,1H3. The van der Waals surface area contributed by atoms with Crippen LogP contribution in [0.15, 0.2) is 24.4 Å². The Morgan fingerprint density at radius 3 is 2.92 bits per heavy atom. The first-order chi connectivity index (χ1) is 6.20. The SMILES string of the molecule is CC(O)c1c[nH]c2c(Cl)cccc12. The summed E-state index contributed by atoms with van der Waals surface area (Å²) in [4.78, 5) is 3.05. The van der Waals surface area contributed by atoms with E-state index >= 15 is 0 Å². The second-order valence-electron chi connectivity index (χ2n) is 3.08. The van der Waals surface area contributed by atoms with Crippen LogP contribution in [0.2, 0.25) is 5.02 Å². The molecule has 0 aliphatic rings. The maximum atomic E-state index is 9.44. The van der Waals surface area contributed by atoms with Gasteiger partial charge >= 0.3 is 0 Å². The van der Waals surface area contributed by atoms with Crippen LogP contribution in [0.5, 0.6) is 0 Å². The van der Waals surface area contributed by atoms with Crippen LogP contribution in [-0.4, -0.2) is 10.1 Å². The van der Waals surface area contributed by atoms with Gasteiger partial charge in [0.15, 0.2) is 0 Å². The first-order valence-corrected chi connectivity index (χ1v) is 4.51. The number of fused-ring (bicyclic) bond motifs is 1. The van der Waals surface area contributed by atoms with Gasteiger partial charge in [-0.15, -0.1) is 0 Å². The fraction of sp³-hybridized carbons (Fsp3) is 0.200. The molecule has 1 atom stereocenters. The van der Waals surface area contributed by atoms with Gasteiger partial charge in [-0.2, -0.15) is 0 Å². The number of aromatic amines is 1. The van der Waals surface area contributed by atoms with E-state index in [1.165, 1.54) is 0 Å². The summed E-state index contributed by atoms with van der Waals surface area (Å²) in [6.45, 7) is 1.74. The van der Waals surface area contributed by atoms with Gasteiger partial charge in [-0.1, -0.05) is 23.7 Å². The summed E-state index contributed by atoms with van der Waals surface area (Å²) in [5, 5.41) is 11.1. The van der Waals surface area contributed by atoms with Gasteiger partial charge in [0.25, 0.3) is 0 Å². The van der Waals surface area contributed by atoms with Gasteiger partial charge in [-0.3, -0.25) is 0 Å². The minimum Gasteiger partial charge on any atom is -0.389 e. The monoisotopic (exact) mass is 195 g/mol. The molecule has 2 rings (SSSR count). The molecule has 0 spiro atoms. The highest BCUT2D eigenvalue weighted by molar-refractivity contribution is 6.35. The number of para-hydroxylation sites is 1. The largest absolute Gasteiger partial charge is 0.389 e. The molecule has 1 heterocycles. The van der Waals surface area contributed by atoms with Gasteiger partial charge in [0, 0.05) is 17.1 Å². The van der Waals surface area contributed by atoms with E-state index in [0.29, 0.717) is 5.02 Å². The number of benzene rings is 1. The molecule has 3 heteroatoms. The Bertz CT molecular complexity index is 433. The van der Waals surface area contributed by atoms with Crippen LogP contribution in [0.25, 0.3) is 10.9 Å². The number of aliphatic hydroxyl groups is 1. The second kappa shape index (κ2) is 3.05. The third kappa shape index (κ3) is 1.32. The number of nitrogens with one attached hydrogen (secondary N) is 1. The average molecular weight is 196 g/mol. The van der Waals surface area contributed by atoms with Crippen molar-refractivity contribution in [2.75, 3.05) is 0 Å². The Morgan fingerprint density at radius 2 is 2.23 bits per heavy atom. The van der Waals surface area contributed by atoms with Crippen molar-refractivity contribution in [3.05, 3.63) is 35.0 Å². The zero-order valence-electron chi connectivity index (χ0n) is 7.21. The zero-order valence-corrected chi connectivity index (χ0v) is 7.97. The van der Waals surface area contributed by atoms with Crippen molar-refractivity contribution in [3.8, 4) is 0 Å². The lowest BCUT2D eigenvalue weighted by molar-refractivity contribution is 0.201. The number of aliphatic hydroxyl groups excluding tert-OH is 1. The molecule has 2 aromatic rings. The first-order valence-electron chi connectivity index (χ1n) is 4.13. The van der Waals surface area contributed by atoms with Crippen LogP contribution in [-0.2, 0) is 0 Å². The highest BCUT2D eigenvalue weighted by Gasteiger charge is 2.09. The molecule has 1 aromatic carbocycles. The van der Waals surface area contributed by atoms with E-state index in [4.69, 9.17) is 11.6 Å². The third-order valence-corrected chi connectivity index (χ3v) is 2.46. The molecular weight excluding hydrogens is 186 g/mol. The number of H-pyrrole nitrogens is 1. The Morgan fingerprint density at radius 1 is 1.46 bits per heavy atom. The zero-order chi connectivity index (χ0) is 9.42. The summed E-state index contributed by atoms with van der Waals surface area (Å²) < 4.78 is 0. The Balaban J connectivity index is 2.75. The van der Waals surface area contributed by atoms with E-state index in [0.717, 1.165) is 16.5 Å². The van der Waals surface area contributed by atoms with Crippen LogP contribution in [0.4, 0.5) is 0 Å². The first kappa shape index (κ1) is 8.60. The number of hydrogen-bond acceptors (Lipinski definition) is 1. The smallest absolute Gasteiger partial charge is 0.0782 e. The van der Waals surface area contributed by atoms with Gasteiger partial charge in [-0.05, 0) is 13.0 Å². The van der Waals surface area contributed by atoms with E-state index < -0.39 is 6.10 Å². The minimum atomic E-state index is -0.466. The molecule has 68 valence electrons. The van der Waals surface area contributed by atoms with E-state index in [9.17, 15) is 5.11 Å². The topological polar surface area (TPSA) is 36.0 Å². The molecule has 2 N–H and O–H groups in total. The molecule has 2 nitrogen and oxygen atoms in total. The summed E-state index contributed by atoms with van der Waals surface area (Å²) in [6.07, 6.45) is 1.33.